The number of rotatable bonds is 7. The number of hydrogen-bond acceptors (Lipinski definition) is 3. The van der Waals surface area contributed by atoms with Crippen LogP contribution in [0.4, 0.5) is 0 Å². The van der Waals surface area contributed by atoms with E-state index in [1.807, 2.05) is 0 Å². The number of aromatic nitrogens is 2. The first-order valence-corrected chi connectivity index (χ1v) is 7.27. The van der Waals surface area contributed by atoms with Gasteiger partial charge in [0.05, 0.1) is 0 Å². The van der Waals surface area contributed by atoms with Crippen molar-refractivity contribution in [1.29, 1.82) is 0 Å². The van der Waals surface area contributed by atoms with Gasteiger partial charge in [0, 0.05) is 17.8 Å². The Hall–Kier alpha value is -2.01. The topological polar surface area (TPSA) is 56.2 Å². The summed E-state index contributed by atoms with van der Waals surface area (Å²) in [5, 5.41) is 7.66. The highest BCUT2D eigenvalue weighted by molar-refractivity contribution is 6.30. The Labute approximate surface area is 128 Å². The molecule has 112 valence electrons. The maximum atomic E-state index is 11.8. The third-order valence-electron chi connectivity index (χ3n) is 2.87. The van der Waals surface area contributed by atoms with Crippen molar-refractivity contribution < 1.29 is 9.53 Å². The standard InChI is InChI=1S/C15H18ClN3O2/c1-2-3-9-17-15(20)14-8-10-19(18-14)11-21-13-6-4-12(16)5-7-13/h4-8,10H,2-3,9,11H2,1H3,(H,17,20). The molecule has 0 aliphatic carbocycles. The lowest BCUT2D eigenvalue weighted by atomic mass is 10.3. The third-order valence-corrected chi connectivity index (χ3v) is 3.12. The van der Waals surface area contributed by atoms with Crippen LogP contribution in [-0.2, 0) is 6.73 Å². The highest BCUT2D eigenvalue weighted by atomic mass is 35.5. The SMILES string of the molecule is CCCCNC(=O)c1ccn(COc2ccc(Cl)cc2)n1. The van der Waals surface area contributed by atoms with E-state index in [9.17, 15) is 4.79 Å². The molecule has 0 fully saturated rings. The summed E-state index contributed by atoms with van der Waals surface area (Å²) in [7, 11) is 0. The number of nitrogens with one attached hydrogen (secondary N) is 1. The smallest absolute Gasteiger partial charge is 0.271 e. The predicted octanol–water partition coefficient (Wildman–Crippen LogP) is 3.10. The van der Waals surface area contributed by atoms with Crippen molar-refractivity contribution in [3.8, 4) is 5.75 Å². The van der Waals surface area contributed by atoms with Gasteiger partial charge in [-0.05, 0) is 36.8 Å². The van der Waals surface area contributed by atoms with Gasteiger partial charge in [0.2, 0.25) is 0 Å². The van der Waals surface area contributed by atoms with Crippen molar-refractivity contribution >= 4 is 17.5 Å². The Morgan fingerprint density at radius 1 is 1.33 bits per heavy atom. The summed E-state index contributed by atoms with van der Waals surface area (Å²) in [6.45, 7) is 2.99. The van der Waals surface area contributed by atoms with Crippen molar-refractivity contribution in [2.45, 2.75) is 26.5 Å². The van der Waals surface area contributed by atoms with Gasteiger partial charge in [-0.2, -0.15) is 5.10 Å². The van der Waals surface area contributed by atoms with E-state index >= 15 is 0 Å². The van der Waals surface area contributed by atoms with Crippen molar-refractivity contribution in [3.63, 3.8) is 0 Å². The summed E-state index contributed by atoms with van der Waals surface area (Å²) < 4.78 is 7.12. The fourth-order valence-corrected chi connectivity index (χ4v) is 1.82. The number of nitrogens with zero attached hydrogens (tertiary/aromatic N) is 2. The number of benzene rings is 1. The minimum absolute atomic E-state index is 0.159. The molecule has 0 radical (unpaired) electrons. The molecule has 1 amide bonds. The lowest BCUT2D eigenvalue weighted by Crippen LogP contribution is -2.25. The first kappa shape index (κ1) is 15.4. The first-order valence-electron chi connectivity index (χ1n) is 6.89. The van der Waals surface area contributed by atoms with Crippen LogP contribution in [0.3, 0.4) is 0 Å². The van der Waals surface area contributed by atoms with E-state index in [2.05, 4.69) is 17.3 Å². The maximum Gasteiger partial charge on any atom is 0.271 e. The summed E-state index contributed by atoms with van der Waals surface area (Å²) >= 11 is 5.80. The Balaban J connectivity index is 1.85. The predicted molar refractivity (Wildman–Crippen MR) is 81.5 cm³/mol. The Bertz CT molecular complexity index is 581. The maximum absolute atomic E-state index is 11.8. The van der Waals surface area contributed by atoms with E-state index in [0.717, 1.165) is 12.8 Å². The van der Waals surface area contributed by atoms with Crippen LogP contribution in [0.15, 0.2) is 36.5 Å². The fraction of sp³-hybridized carbons (Fsp3) is 0.333. The van der Waals surface area contributed by atoms with E-state index < -0.39 is 0 Å². The Kier molecular flexibility index (Phi) is 5.63. The van der Waals surface area contributed by atoms with Crippen molar-refractivity contribution in [2.24, 2.45) is 0 Å². The molecule has 21 heavy (non-hydrogen) atoms. The van der Waals surface area contributed by atoms with Crippen LogP contribution in [0, 0.1) is 0 Å². The molecule has 0 unspecified atom stereocenters. The molecule has 2 aromatic rings. The van der Waals surface area contributed by atoms with Crippen molar-refractivity contribution in [3.05, 3.63) is 47.2 Å². The number of hydrogen-bond donors (Lipinski definition) is 1. The molecule has 0 atom stereocenters. The molecule has 1 heterocycles. The molecule has 0 aliphatic rings. The summed E-state index contributed by atoms with van der Waals surface area (Å²) in [6, 6.07) is 8.75. The minimum atomic E-state index is -0.159. The summed E-state index contributed by atoms with van der Waals surface area (Å²) in [4.78, 5) is 11.8. The average Bonchev–Trinajstić information content (AvgIpc) is 2.96. The van der Waals surface area contributed by atoms with E-state index in [1.54, 1.807) is 41.2 Å². The van der Waals surface area contributed by atoms with Gasteiger partial charge in [0.1, 0.15) is 11.4 Å². The van der Waals surface area contributed by atoms with Gasteiger partial charge in [0.25, 0.3) is 5.91 Å². The quantitative estimate of drug-likeness (QED) is 0.800. The lowest BCUT2D eigenvalue weighted by molar-refractivity contribution is 0.0946. The van der Waals surface area contributed by atoms with E-state index in [0.29, 0.717) is 23.0 Å². The van der Waals surface area contributed by atoms with Crippen LogP contribution < -0.4 is 10.1 Å². The molecule has 0 spiro atoms. The van der Waals surface area contributed by atoms with E-state index in [4.69, 9.17) is 16.3 Å². The second kappa shape index (κ2) is 7.69. The van der Waals surface area contributed by atoms with E-state index in [-0.39, 0.29) is 12.6 Å². The molecular formula is C15H18ClN3O2. The van der Waals surface area contributed by atoms with Crippen LogP contribution in [-0.4, -0.2) is 22.2 Å². The van der Waals surface area contributed by atoms with Crippen molar-refractivity contribution in [2.75, 3.05) is 6.54 Å². The first-order chi connectivity index (χ1) is 10.2. The van der Waals surface area contributed by atoms with Gasteiger partial charge in [-0.25, -0.2) is 4.68 Å². The van der Waals surface area contributed by atoms with Crippen LogP contribution in [0.5, 0.6) is 5.75 Å². The molecule has 6 heteroatoms. The number of ether oxygens (including phenoxy) is 1. The summed E-state index contributed by atoms with van der Waals surface area (Å²) in [5.41, 5.74) is 0.394. The minimum Gasteiger partial charge on any atom is -0.471 e. The second-order valence-electron chi connectivity index (χ2n) is 4.58. The molecular weight excluding hydrogens is 290 g/mol. The van der Waals surface area contributed by atoms with Gasteiger partial charge in [0.15, 0.2) is 6.73 Å². The molecule has 0 bridgehead atoms. The normalized spacial score (nSPS) is 10.4. The second-order valence-corrected chi connectivity index (χ2v) is 5.01. The monoisotopic (exact) mass is 307 g/mol. The van der Waals surface area contributed by atoms with Gasteiger partial charge in [-0.1, -0.05) is 24.9 Å². The largest absolute Gasteiger partial charge is 0.471 e. The Morgan fingerprint density at radius 2 is 2.10 bits per heavy atom. The van der Waals surface area contributed by atoms with Gasteiger partial charge < -0.3 is 10.1 Å². The molecule has 1 aromatic carbocycles. The number of amides is 1. The summed E-state index contributed by atoms with van der Waals surface area (Å²) in [5.74, 6) is 0.539. The zero-order valence-electron chi connectivity index (χ0n) is 11.9. The zero-order valence-corrected chi connectivity index (χ0v) is 12.6. The summed E-state index contributed by atoms with van der Waals surface area (Å²) in [6.07, 6.45) is 3.72. The number of carbonyl (C=O) groups excluding carboxylic acids is 1. The average molecular weight is 308 g/mol. The van der Waals surface area contributed by atoms with Gasteiger partial charge in [-0.15, -0.1) is 0 Å². The van der Waals surface area contributed by atoms with Gasteiger partial charge >= 0.3 is 0 Å². The molecule has 1 N–H and O–H groups in total. The molecule has 2 rings (SSSR count). The number of unbranched alkanes of at least 4 members (excludes halogenated alkanes) is 1. The highest BCUT2D eigenvalue weighted by Crippen LogP contribution is 2.15. The van der Waals surface area contributed by atoms with Crippen LogP contribution in [0.25, 0.3) is 0 Å². The number of halogens is 1. The molecule has 0 saturated carbocycles. The molecule has 0 aliphatic heterocycles. The number of carbonyl (C=O) groups is 1. The molecule has 5 nitrogen and oxygen atoms in total. The van der Waals surface area contributed by atoms with E-state index in [1.165, 1.54) is 0 Å². The molecule has 0 saturated heterocycles. The third kappa shape index (κ3) is 4.79. The van der Waals surface area contributed by atoms with Crippen LogP contribution in [0.1, 0.15) is 30.3 Å². The van der Waals surface area contributed by atoms with Crippen LogP contribution in [0.2, 0.25) is 5.02 Å². The molecule has 1 aromatic heterocycles. The lowest BCUT2D eigenvalue weighted by Gasteiger charge is -2.06. The van der Waals surface area contributed by atoms with Gasteiger partial charge in [-0.3, -0.25) is 4.79 Å². The fourth-order valence-electron chi connectivity index (χ4n) is 1.70. The Morgan fingerprint density at radius 3 is 2.81 bits per heavy atom. The van der Waals surface area contributed by atoms with Crippen molar-refractivity contribution in [1.82, 2.24) is 15.1 Å². The zero-order chi connectivity index (χ0) is 15.1. The van der Waals surface area contributed by atoms with Crippen LogP contribution >= 0.6 is 11.6 Å². The highest BCUT2D eigenvalue weighted by Gasteiger charge is 2.08.